The van der Waals surface area contributed by atoms with Gasteiger partial charge in [0.15, 0.2) is 16.8 Å². The van der Waals surface area contributed by atoms with Crippen molar-refractivity contribution in [3.63, 3.8) is 0 Å². The van der Waals surface area contributed by atoms with E-state index in [1.807, 2.05) is 54.1 Å². The fourth-order valence-electron chi connectivity index (χ4n) is 2.48. The van der Waals surface area contributed by atoms with Gasteiger partial charge < -0.3 is 9.30 Å². The number of thioether (sulfide) groups is 1. The van der Waals surface area contributed by atoms with Crippen LogP contribution in [0, 0.1) is 0 Å². The first-order valence-corrected chi connectivity index (χ1v) is 10.9. The van der Waals surface area contributed by atoms with Gasteiger partial charge in [0.05, 0.1) is 5.02 Å². The monoisotopic (exact) mass is 479 g/mol. The van der Waals surface area contributed by atoms with Gasteiger partial charge in [-0.25, -0.2) is 0 Å². The lowest BCUT2D eigenvalue weighted by atomic mass is 10.1. The molecule has 1 aromatic heterocycles. The van der Waals surface area contributed by atoms with E-state index in [-0.39, 0.29) is 12.4 Å². The average Bonchev–Trinajstić information content (AvgIpc) is 3.04. The lowest BCUT2D eigenvalue weighted by molar-refractivity contribution is 0.0982. The summed E-state index contributed by atoms with van der Waals surface area (Å²) in [4.78, 5) is 12.2. The van der Waals surface area contributed by atoms with Crippen molar-refractivity contribution in [2.24, 2.45) is 7.05 Å². The zero-order chi connectivity index (χ0) is 19.9. The molecule has 0 fully saturated rings. The number of halogens is 2. The minimum atomic E-state index is 0.153. The van der Waals surface area contributed by atoms with Crippen LogP contribution in [0.2, 0.25) is 5.02 Å². The predicted molar refractivity (Wildman–Crippen MR) is 115 cm³/mol. The number of nitrogens with zero attached hydrogens (tertiary/aromatic N) is 3. The molecule has 3 rings (SSSR count). The number of Topliss-reactive ketones (excluding diaryl/α,β-unsaturated/α-hetero) is 1. The summed E-state index contributed by atoms with van der Waals surface area (Å²) in [5, 5.41) is 9.75. The van der Waals surface area contributed by atoms with E-state index < -0.39 is 0 Å². The molecule has 0 aliphatic carbocycles. The van der Waals surface area contributed by atoms with Crippen molar-refractivity contribution in [3.8, 4) is 5.75 Å². The molecule has 0 N–H and O–H groups in total. The fraction of sp³-hybridized carbons (Fsp3) is 0.250. The number of para-hydroxylation sites is 1. The van der Waals surface area contributed by atoms with E-state index in [0.29, 0.717) is 23.0 Å². The highest BCUT2D eigenvalue weighted by molar-refractivity contribution is 9.10. The molecule has 3 aromatic rings. The molecule has 146 valence electrons. The van der Waals surface area contributed by atoms with Crippen LogP contribution in [0.25, 0.3) is 0 Å². The molecule has 5 nitrogen and oxygen atoms in total. The van der Waals surface area contributed by atoms with Crippen molar-refractivity contribution in [2.75, 3.05) is 5.75 Å². The highest BCUT2D eigenvalue weighted by Gasteiger charge is 2.11. The SMILES string of the molecule is Cn1c(COc2ccccc2Cl)nnc1SCCCC(=O)c1ccc(Br)cc1. The quantitative estimate of drug-likeness (QED) is 0.228. The van der Waals surface area contributed by atoms with Gasteiger partial charge in [-0.05, 0) is 30.7 Å². The number of benzene rings is 2. The van der Waals surface area contributed by atoms with Gasteiger partial charge in [-0.1, -0.05) is 63.6 Å². The van der Waals surface area contributed by atoms with Crippen LogP contribution >= 0.6 is 39.3 Å². The molecular weight excluding hydrogens is 462 g/mol. The summed E-state index contributed by atoms with van der Waals surface area (Å²) < 4.78 is 8.59. The molecule has 0 aliphatic rings. The summed E-state index contributed by atoms with van der Waals surface area (Å²) in [5.41, 5.74) is 0.742. The van der Waals surface area contributed by atoms with Gasteiger partial charge in [0.2, 0.25) is 0 Å². The molecule has 28 heavy (non-hydrogen) atoms. The molecule has 0 amide bonds. The first-order chi connectivity index (χ1) is 13.5. The first-order valence-electron chi connectivity index (χ1n) is 8.72. The molecule has 8 heteroatoms. The van der Waals surface area contributed by atoms with Gasteiger partial charge in [0.25, 0.3) is 0 Å². The number of rotatable bonds is 9. The number of carbonyl (C=O) groups is 1. The van der Waals surface area contributed by atoms with E-state index in [1.165, 1.54) is 0 Å². The normalized spacial score (nSPS) is 10.8. The molecule has 0 saturated heterocycles. The van der Waals surface area contributed by atoms with Crippen LogP contribution in [0.5, 0.6) is 5.75 Å². The largest absolute Gasteiger partial charge is 0.484 e. The number of ether oxygens (including phenoxy) is 1. The summed E-state index contributed by atoms with van der Waals surface area (Å²) in [7, 11) is 1.90. The van der Waals surface area contributed by atoms with Crippen LogP contribution in [-0.4, -0.2) is 26.3 Å². The van der Waals surface area contributed by atoms with Gasteiger partial charge in [-0.15, -0.1) is 10.2 Å². The summed E-state index contributed by atoms with van der Waals surface area (Å²) in [5.74, 6) is 2.28. The smallest absolute Gasteiger partial charge is 0.191 e. The Morgan fingerprint density at radius 3 is 2.68 bits per heavy atom. The van der Waals surface area contributed by atoms with E-state index in [4.69, 9.17) is 16.3 Å². The second kappa shape index (κ2) is 10.1. The summed E-state index contributed by atoms with van der Waals surface area (Å²) in [6.45, 7) is 0.288. The van der Waals surface area contributed by atoms with Gasteiger partial charge in [-0.2, -0.15) is 0 Å². The van der Waals surface area contributed by atoms with Gasteiger partial charge in [-0.3, -0.25) is 4.79 Å². The van der Waals surface area contributed by atoms with E-state index in [1.54, 1.807) is 17.8 Å². The lowest BCUT2D eigenvalue weighted by Crippen LogP contribution is -2.04. The first kappa shape index (κ1) is 20.9. The van der Waals surface area contributed by atoms with Gasteiger partial charge in [0.1, 0.15) is 12.4 Å². The fourth-order valence-corrected chi connectivity index (χ4v) is 3.80. The number of aromatic nitrogens is 3. The maximum absolute atomic E-state index is 12.2. The zero-order valence-corrected chi connectivity index (χ0v) is 18.4. The van der Waals surface area contributed by atoms with Crippen molar-refractivity contribution < 1.29 is 9.53 Å². The Kier molecular flexibility index (Phi) is 7.53. The van der Waals surface area contributed by atoms with Gasteiger partial charge >= 0.3 is 0 Å². The predicted octanol–water partition coefficient (Wildman–Crippen LogP) is 5.57. The Balaban J connectivity index is 1.46. The zero-order valence-electron chi connectivity index (χ0n) is 15.3. The maximum atomic E-state index is 12.2. The molecule has 0 radical (unpaired) electrons. The van der Waals surface area contributed by atoms with Crippen molar-refractivity contribution in [3.05, 3.63) is 69.4 Å². The van der Waals surface area contributed by atoms with Crippen LogP contribution in [0.4, 0.5) is 0 Å². The van der Waals surface area contributed by atoms with Crippen molar-refractivity contribution >= 4 is 45.1 Å². The lowest BCUT2D eigenvalue weighted by Gasteiger charge is -2.07. The molecular formula is C20H19BrClN3O2S. The molecule has 0 spiro atoms. The van der Waals surface area contributed by atoms with E-state index in [9.17, 15) is 4.79 Å². The van der Waals surface area contributed by atoms with Crippen molar-refractivity contribution in [1.82, 2.24) is 14.8 Å². The van der Waals surface area contributed by atoms with E-state index in [2.05, 4.69) is 26.1 Å². The van der Waals surface area contributed by atoms with Crippen LogP contribution < -0.4 is 4.74 Å². The molecule has 0 saturated carbocycles. The highest BCUT2D eigenvalue weighted by Crippen LogP contribution is 2.24. The third-order valence-corrected chi connectivity index (χ3v) is 6.01. The molecule has 2 aromatic carbocycles. The molecule has 1 heterocycles. The van der Waals surface area contributed by atoms with Crippen LogP contribution in [-0.2, 0) is 13.7 Å². The number of hydrogen-bond donors (Lipinski definition) is 0. The van der Waals surface area contributed by atoms with E-state index >= 15 is 0 Å². The number of ketones is 1. The number of hydrogen-bond acceptors (Lipinski definition) is 5. The Bertz CT molecular complexity index is 947. The molecule has 0 bridgehead atoms. The summed E-state index contributed by atoms with van der Waals surface area (Å²) >= 11 is 11.1. The maximum Gasteiger partial charge on any atom is 0.191 e. The van der Waals surface area contributed by atoms with Crippen molar-refractivity contribution in [1.29, 1.82) is 0 Å². The summed E-state index contributed by atoms with van der Waals surface area (Å²) in [6, 6.07) is 14.8. The molecule has 0 aliphatic heterocycles. The van der Waals surface area contributed by atoms with Crippen LogP contribution in [0.15, 0.2) is 58.2 Å². The van der Waals surface area contributed by atoms with E-state index in [0.717, 1.165) is 27.4 Å². The second-order valence-electron chi connectivity index (χ2n) is 6.06. The third kappa shape index (κ3) is 5.59. The minimum Gasteiger partial charge on any atom is -0.484 e. The second-order valence-corrected chi connectivity index (χ2v) is 8.44. The standard InChI is InChI=1S/C20H19BrClN3O2S/c1-25-19(13-27-18-7-3-2-5-16(18)22)23-24-20(25)28-12-4-6-17(26)14-8-10-15(21)11-9-14/h2-3,5,7-11H,4,6,12-13H2,1H3. The van der Waals surface area contributed by atoms with Crippen LogP contribution in [0.1, 0.15) is 29.0 Å². The minimum absolute atomic E-state index is 0.153. The Hall–Kier alpha value is -1.83. The average molecular weight is 481 g/mol. The number of carbonyl (C=O) groups excluding carboxylic acids is 1. The molecule has 0 atom stereocenters. The highest BCUT2D eigenvalue weighted by atomic mass is 79.9. The topological polar surface area (TPSA) is 57.0 Å². The van der Waals surface area contributed by atoms with Crippen molar-refractivity contribution in [2.45, 2.75) is 24.6 Å². The van der Waals surface area contributed by atoms with Gasteiger partial charge in [0, 0.05) is 29.3 Å². The molecule has 0 unspecified atom stereocenters. The Morgan fingerprint density at radius 1 is 1.18 bits per heavy atom. The van der Waals surface area contributed by atoms with Crippen LogP contribution in [0.3, 0.4) is 0 Å². The summed E-state index contributed by atoms with van der Waals surface area (Å²) in [6.07, 6.45) is 1.28. The Labute approximate surface area is 181 Å². The Morgan fingerprint density at radius 2 is 1.93 bits per heavy atom. The third-order valence-electron chi connectivity index (χ3n) is 4.06.